The fraction of sp³-hybridized carbons (Fsp3) is 1.00. The van der Waals surface area contributed by atoms with Gasteiger partial charge in [0, 0.05) is 25.9 Å². The molecule has 2 unspecified atom stereocenters. The molecule has 0 amide bonds. The molecular weight excluding hydrogens is 214 g/mol. The highest BCUT2D eigenvalue weighted by atomic mass is 16.5. The third kappa shape index (κ3) is 3.94. The fourth-order valence-electron chi connectivity index (χ4n) is 2.83. The van der Waals surface area contributed by atoms with Crippen molar-refractivity contribution in [1.82, 2.24) is 5.32 Å². The minimum atomic E-state index is 0.103. The van der Waals surface area contributed by atoms with E-state index in [1.165, 1.54) is 19.3 Å². The summed E-state index contributed by atoms with van der Waals surface area (Å²) in [5.74, 6) is 0.819. The van der Waals surface area contributed by atoms with Gasteiger partial charge in [0.15, 0.2) is 0 Å². The van der Waals surface area contributed by atoms with Crippen molar-refractivity contribution in [2.24, 2.45) is 5.92 Å². The molecule has 2 heterocycles. The Balaban J connectivity index is 1.71. The summed E-state index contributed by atoms with van der Waals surface area (Å²) in [6.45, 7) is 8.44. The molecule has 3 nitrogen and oxygen atoms in total. The van der Waals surface area contributed by atoms with Crippen LogP contribution in [0.1, 0.15) is 46.0 Å². The van der Waals surface area contributed by atoms with Gasteiger partial charge >= 0.3 is 0 Å². The predicted octanol–water partition coefficient (Wildman–Crippen LogP) is 2.35. The van der Waals surface area contributed by atoms with Gasteiger partial charge in [-0.15, -0.1) is 0 Å². The van der Waals surface area contributed by atoms with Gasteiger partial charge < -0.3 is 14.8 Å². The number of rotatable bonds is 4. The molecular formula is C14H27NO2. The average molecular weight is 241 g/mol. The zero-order chi connectivity index (χ0) is 12.1. The maximum Gasteiger partial charge on any atom is 0.0666 e. The Morgan fingerprint density at radius 2 is 1.94 bits per heavy atom. The Morgan fingerprint density at radius 1 is 1.18 bits per heavy atom. The molecule has 2 saturated heterocycles. The first-order chi connectivity index (χ1) is 8.22. The van der Waals surface area contributed by atoms with Crippen LogP contribution in [0.25, 0.3) is 0 Å². The van der Waals surface area contributed by atoms with Crippen molar-refractivity contribution in [2.75, 3.05) is 26.4 Å². The summed E-state index contributed by atoms with van der Waals surface area (Å²) in [6, 6.07) is 0.650. The Morgan fingerprint density at radius 3 is 2.65 bits per heavy atom. The second kappa shape index (κ2) is 6.17. The Hall–Kier alpha value is -0.120. The lowest BCUT2D eigenvalue weighted by molar-refractivity contribution is -0.0786. The lowest BCUT2D eigenvalue weighted by Crippen LogP contribution is -2.46. The van der Waals surface area contributed by atoms with E-state index in [1.807, 2.05) is 0 Å². The van der Waals surface area contributed by atoms with E-state index in [4.69, 9.17) is 9.47 Å². The summed E-state index contributed by atoms with van der Waals surface area (Å²) < 4.78 is 11.3. The van der Waals surface area contributed by atoms with Crippen LogP contribution in [0.15, 0.2) is 0 Å². The van der Waals surface area contributed by atoms with Crippen molar-refractivity contribution in [3.63, 3.8) is 0 Å². The first kappa shape index (κ1) is 13.3. The number of hydrogen-bond acceptors (Lipinski definition) is 3. The zero-order valence-electron chi connectivity index (χ0n) is 11.3. The van der Waals surface area contributed by atoms with E-state index in [-0.39, 0.29) is 5.60 Å². The minimum Gasteiger partial charge on any atom is -0.381 e. The predicted molar refractivity (Wildman–Crippen MR) is 69.2 cm³/mol. The van der Waals surface area contributed by atoms with E-state index in [2.05, 4.69) is 19.2 Å². The molecule has 1 N–H and O–H groups in total. The minimum absolute atomic E-state index is 0.103. The maximum atomic E-state index is 5.88. The van der Waals surface area contributed by atoms with Crippen LogP contribution in [-0.4, -0.2) is 38.0 Å². The lowest BCUT2D eigenvalue weighted by Gasteiger charge is -2.38. The normalized spacial score (nSPS) is 36.0. The van der Waals surface area contributed by atoms with Gasteiger partial charge in [-0.2, -0.15) is 0 Å². The third-order valence-electron chi connectivity index (χ3n) is 4.38. The van der Waals surface area contributed by atoms with Gasteiger partial charge in [-0.25, -0.2) is 0 Å². The van der Waals surface area contributed by atoms with E-state index in [0.717, 1.165) is 45.1 Å². The Kier molecular flexibility index (Phi) is 4.83. The molecule has 3 heteroatoms. The summed E-state index contributed by atoms with van der Waals surface area (Å²) in [5.41, 5.74) is 0.103. The molecule has 2 rings (SSSR count). The quantitative estimate of drug-likeness (QED) is 0.819. The van der Waals surface area contributed by atoms with Crippen LogP contribution >= 0.6 is 0 Å². The van der Waals surface area contributed by atoms with Crippen LogP contribution in [0.3, 0.4) is 0 Å². The van der Waals surface area contributed by atoms with Crippen LogP contribution in [0, 0.1) is 5.92 Å². The largest absolute Gasteiger partial charge is 0.381 e. The highest BCUT2D eigenvalue weighted by Crippen LogP contribution is 2.28. The van der Waals surface area contributed by atoms with Gasteiger partial charge in [-0.1, -0.05) is 6.92 Å². The first-order valence-electron chi connectivity index (χ1n) is 7.17. The van der Waals surface area contributed by atoms with Crippen LogP contribution < -0.4 is 5.32 Å². The second-order valence-electron chi connectivity index (χ2n) is 5.81. The van der Waals surface area contributed by atoms with Crippen LogP contribution in [-0.2, 0) is 9.47 Å². The smallest absolute Gasteiger partial charge is 0.0666 e. The third-order valence-corrected chi connectivity index (χ3v) is 4.38. The highest BCUT2D eigenvalue weighted by Gasteiger charge is 2.31. The van der Waals surface area contributed by atoms with Crippen molar-refractivity contribution < 1.29 is 9.47 Å². The van der Waals surface area contributed by atoms with Crippen LogP contribution in [0.4, 0.5) is 0 Å². The van der Waals surface area contributed by atoms with Gasteiger partial charge in [-0.05, 0) is 51.5 Å². The van der Waals surface area contributed by atoms with Gasteiger partial charge in [0.1, 0.15) is 0 Å². The maximum absolute atomic E-state index is 5.88. The van der Waals surface area contributed by atoms with Crippen molar-refractivity contribution in [3.05, 3.63) is 0 Å². The molecule has 0 aliphatic carbocycles. The van der Waals surface area contributed by atoms with Gasteiger partial charge in [0.05, 0.1) is 5.60 Å². The average Bonchev–Trinajstić information content (AvgIpc) is 2.38. The monoisotopic (exact) mass is 241 g/mol. The van der Waals surface area contributed by atoms with Gasteiger partial charge in [-0.3, -0.25) is 0 Å². The van der Waals surface area contributed by atoms with E-state index in [0.29, 0.717) is 6.04 Å². The topological polar surface area (TPSA) is 30.5 Å². The fourth-order valence-corrected chi connectivity index (χ4v) is 2.83. The van der Waals surface area contributed by atoms with Gasteiger partial charge in [0.2, 0.25) is 0 Å². The molecule has 17 heavy (non-hydrogen) atoms. The summed E-state index contributed by atoms with van der Waals surface area (Å²) in [4.78, 5) is 0. The molecule has 0 aromatic heterocycles. The molecule has 0 radical (unpaired) electrons. The molecule has 0 aromatic carbocycles. The van der Waals surface area contributed by atoms with Crippen LogP contribution in [0.5, 0.6) is 0 Å². The van der Waals surface area contributed by atoms with E-state index in [9.17, 15) is 0 Å². The van der Waals surface area contributed by atoms with E-state index < -0.39 is 0 Å². The van der Waals surface area contributed by atoms with Gasteiger partial charge in [0.25, 0.3) is 0 Å². The Labute approximate surface area is 105 Å². The van der Waals surface area contributed by atoms with E-state index in [1.54, 1.807) is 0 Å². The molecule has 2 atom stereocenters. The van der Waals surface area contributed by atoms with Crippen molar-refractivity contribution in [2.45, 2.75) is 57.6 Å². The van der Waals surface area contributed by atoms with Crippen molar-refractivity contribution in [1.29, 1.82) is 0 Å². The summed E-state index contributed by atoms with van der Waals surface area (Å²) >= 11 is 0. The molecule has 2 aliphatic rings. The molecule has 0 saturated carbocycles. The lowest BCUT2D eigenvalue weighted by atomic mass is 9.89. The molecule has 2 aliphatic heterocycles. The Bertz CT molecular complexity index is 228. The number of nitrogens with one attached hydrogen (secondary N) is 1. The molecule has 2 fully saturated rings. The van der Waals surface area contributed by atoms with Crippen molar-refractivity contribution in [3.8, 4) is 0 Å². The second-order valence-corrected chi connectivity index (χ2v) is 5.81. The molecule has 0 aromatic rings. The molecule has 0 bridgehead atoms. The molecule has 0 spiro atoms. The highest BCUT2D eigenvalue weighted by molar-refractivity contribution is 4.86. The molecule has 100 valence electrons. The summed E-state index contributed by atoms with van der Waals surface area (Å²) in [5, 5.41) is 3.75. The number of ether oxygens (including phenoxy) is 2. The van der Waals surface area contributed by atoms with E-state index >= 15 is 0 Å². The number of hydrogen-bond donors (Lipinski definition) is 1. The zero-order valence-corrected chi connectivity index (χ0v) is 11.3. The SMILES string of the molecule is CCC1(C)CC(NCC2CCOCC2)CCO1. The van der Waals surface area contributed by atoms with Crippen molar-refractivity contribution >= 4 is 0 Å². The first-order valence-corrected chi connectivity index (χ1v) is 7.17. The summed E-state index contributed by atoms with van der Waals surface area (Å²) in [7, 11) is 0. The van der Waals surface area contributed by atoms with Crippen LogP contribution in [0.2, 0.25) is 0 Å². The summed E-state index contributed by atoms with van der Waals surface area (Å²) in [6.07, 6.45) is 5.89. The standard InChI is InChI=1S/C14H27NO2/c1-3-14(2)10-13(6-9-17-14)15-11-12-4-7-16-8-5-12/h12-13,15H,3-11H2,1-2H3.